The van der Waals surface area contributed by atoms with E-state index in [1.54, 1.807) is 25.3 Å². The summed E-state index contributed by atoms with van der Waals surface area (Å²) >= 11 is 0. The highest BCUT2D eigenvalue weighted by atomic mass is 16.2. The van der Waals surface area contributed by atoms with Crippen molar-refractivity contribution in [3.63, 3.8) is 0 Å². The third kappa shape index (κ3) is 2.58. The van der Waals surface area contributed by atoms with E-state index in [1.165, 1.54) is 0 Å². The highest BCUT2D eigenvalue weighted by molar-refractivity contribution is 5.75. The molecule has 1 aromatic heterocycles. The van der Waals surface area contributed by atoms with Gasteiger partial charge < -0.3 is 9.47 Å². The number of likely N-dealkylation sites (N-methyl/N-ethyl adjacent to an activating group) is 1. The van der Waals surface area contributed by atoms with E-state index in [1.807, 2.05) is 10.8 Å². The van der Waals surface area contributed by atoms with E-state index >= 15 is 0 Å². The summed E-state index contributed by atoms with van der Waals surface area (Å²) < 4.78 is 1.82. The van der Waals surface area contributed by atoms with Crippen LogP contribution in [0, 0.1) is 0 Å². The van der Waals surface area contributed by atoms with Crippen LogP contribution in [-0.4, -0.2) is 34.5 Å². The quantitative estimate of drug-likeness (QED) is 0.724. The van der Waals surface area contributed by atoms with Crippen LogP contribution in [0.25, 0.3) is 0 Å². The van der Waals surface area contributed by atoms with E-state index in [9.17, 15) is 4.79 Å². The number of aromatic nitrogens is 2. The lowest BCUT2D eigenvalue weighted by Crippen LogP contribution is -2.25. The summed E-state index contributed by atoms with van der Waals surface area (Å²) in [6.07, 6.45) is 3.63. The summed E-state index contributed by atoms with van der Waals surface area (Å²) in [6, 6.07) is 0. The molecule has 0 aliphatic rings. The van der Waals surface area contributed by atoms with Gasteiger partial charge in [-0.05, 0) is 5.92 Å². The van der Waals surface area contributed by atoms with Gasteiger partial charge in [0, 0.05) is 20.3 Å². The van der Waals surface area contributed by atoms with E-state index in [2.05, 4.69) is 18.8 Å². The molecule has 0 saturated carbocycles. The molecule has 1 heterocycles. The Morgan fingerprint density at radius 2 is 2.21 bits per heavy atom. The van der Waals surface area contributed by atoms with Gasteiger partial charge in [0.15, 0.2) is 0 Å². The van der Waals surface area contributed by atoms with Gasteiger partial charge in [-0.1, -0.05) is 13.8 Å². The normalized spacial score (nSPS) is 10.6. The summed E-state index contributed by atoms with van der Waals surface area (Å²) in [5.41, 5.74) is 1.02. The van der Waals surface area contributed by atoms with Crippen LogP contribution >= 0.6 is 0 Å². The molecular weight excluding hydrogens is 178 g/mol. The summed E-state index contributed by atoms with van der Waals surface area (Å²) in [6.45, 7) is 4.54. The van der Waals surface area contributed by atoms with Crippen molar-refractivity contribution in [2.75, 3.05) is 14.1 Å². The topological polar surface area (TPSA) is 38.1 Å². The first-order valence-electron chi connectivity index (χ1n) is 4.72. The van der Waals surface area contributed by atoms with Crippen LogP contribution in [0.4, 0.5) is 0 Å². The van der Waals surface area contributed by atoms with Gasteiger partial charge >= 0.3 is 0 Å². The Kier molecular flexibility index (Phi) is 3.28. The van der Waals surface area contributed by atoms with E-state index in [4.69, 9.17) is 0 Å². The molecule has 4 nitrogen and oxygen atoms in total. The van der Waals surface area contributed by atoms with Crippen molar-refractivity contribution in [3.05, 3.63) is 18.2 Å². The smallest absolute Gasteiger partial charge is 0.242 e. The molecule has 0 saturated heterocycles. The Morgan fingerprint density at radius 1 is 1.57 bits per heavy atom. The van der Waals surface area contributed by atoms with E-state index in [0.29, 0.717) is 12.5 Å². The number of carbonyl (C=O) groups is 1. The molecule has 0 fully saturated rings. The summed E-state index contributed by atoms with van der Waals surface area (Å²) in [5.74, 6) is 0.489. The van der Waals surface area contributed by atoms with Crippen LogP contribution in [0.15, 0.2) is 12.5 Å². The van der Waals surface area contributed by atoms with Gasteiger partial charge in [-0.25, -0.2) is 4.98 Å². The first-order valence-corrected chi connectivity index (χ1v) is 4.72. The van der Waals surface area contributed by atoms with Crippen molar-refractivity contribution in [2.24, 2.45) is 0 Å². The number of amides is 1. The molecule has 0 spiro atoms. The van der Waals surface area contributed by atoms with Gasteiger partial charge in [-0.3, -0.25) is 4.79 Å². The lowest BCUT2D eigenvalue weighted by atomic mass is 10.2. The van der Waals surface area contributed by atoms with Gasteiger partial charge in [0.25, 0.3) is 0 Å². The highest BCUT2D eigenvalue weighted by Crippen LogP contribution is 2.10. The molecule has 0 atom stereocenters. The molecule has 0 aliphatic carbocycles. The van der Waals surface area contributed by atoms with Gasteiger partial charge in [-0.2, -0.15) is 0 Å². The molecular formula is C10H17N3O. The second-order valence-corrected chi connectivity index (χ2v) is 3.91. The second kappa shape index (κ2) is 4.26. The minimum Gasteiger partial charge on any atom is -0.347 e. The summed E-state index contributed by atoms with van der Waals surface area (Å²) in [5, 5.41) is 0. The Balaban J connectivity index is 2.64. The first-order chi connectivity index (χ1) is 6.50. The van der Waals surface area contributed by atoms with Gasteiger partial charge in [0.1, 0.15) is 6.54 Å². The number of rotatable bonds is 3. The molecule has 4 heteroatoms. The lowest BCUT2D eigenvalue weighted by molar-refractivity contribution is -0.129. The molecule has 1 amide bonds. The molecule has 78 valence electrons. The lowest BCUT2D eigenvalue weighted by Gasteiger charge is -2.09. The number of hydrogen-bond acceptors (Lipinski definition) is 2. The number of carbonyl (C=O) groups excluding carboxylic acids is 1. The standard InChI is InChI=1S/C10H17N3O/c1-8(2)9-5-13(7-11-9)6-10(14)12(3)4/h5,7-8H,6H2,1-4H3. The van der Waals surface area contributed by atoms with Gasteiger partial charge in [0.05, 0.1) is 12.0 Å². The molecule has 1 rings (SSSR count). The van der Waals surface area contributed by atoms with E-state index < -0.39 is 0 Å². The first kappa shape index (κ1) is 10.8. The van der Waals surface area contributed by atoms with E-state index in [0.717, 1.165) is 5.69 Å². The average molecular weight is 195 g/mol. The third-order valence-corrected chi connectivity index (χ3v) is 2.06. The van der Waals surface area contributed by atoms with Crippen LogP contribution in [-0.2, 0) is 11.3 Å². The minimum absolute atomic E-state index is 0.0812. The number of nitrogens with zero attached hydrogens (tertiary/aromatic N) is 3. The fourth-order valence-corrected chi connectivity index (χ4v) is 1.06. The zero-order valence-electron chi connectivity index (χ0n) is 9.19. The molecule has 0 N–H and O–H groups in total. The van der Waals surface area contributed by atoms with Crippen molar-refractivity contribution in [1.29, 1.82) is 0 Å². The number of hydrogen-bond donors (Lipinski definition) is 0. The average Bonchev–Trinajstić information content (AvgIpc) is 2.52. The van der Waals surface area contributed by atoms with Crippen molar-refractivity contribution in [3.8, 4) is 0 Å². The van der Waals surface area contributed by atoms with Gasteiger partial charge in [-0.15, -0.1) is 0 Å². The molecule has 0 bridgehead atoms. The zero-order chi connectivity index (χ0) is 10.7. The molecule has 0 unspecified atom stereocenters. The number of imidazole rings is 1. The van der Waals surface area contributed by atoms with Crippen LogP contribution < -0.4 is 0 Å². The van der Waals surface area contributed by atoms with Crippen molar-refractivity contribution in [2.45, 2.75) is 26.3 Å². The minimum atomic E-state index is 0.0812. The third-order valence-electron chi connectivity index (χ3n) is 2.06. The SMILES string of the molecule is CC(C)c1cn(CC(=O)N(C)C)cn1. The molecule has 0 aromatic carbocycles. The van der Waals surface area contributed by atoms with Gasteiger partial charge in [0.2, 0.25) is 5.91 Å². The van der Waals surface area contributed by atoms with Crippen molar-refractivity contribution < 1.29 is 4.79 Å². The van der Waals surface area contributed by atoms with Crippen LogP contribution in [0.1, 0.15) is 25.5 Å². The fraction of sp³-hybridized carbons (Fsp3) is 0.600. The van der Waals surface area contributed by atoms with Crippen LogP contribution in [0.3, 0.4) is 0 Å². The molecule has 0 radical (unpaired) electrons. The van der Waals surface area contributed by atoms with Crippen LogP contribution in [0.5, 0.6) is 0 Å². The Morgan fingerprint density at radius 3 is 2.64 bits per heavy atom. The predicted octanol–water partition coefficient (Wildman–Crippen LogP) is 1.09. The fourth-order valence-electron chi connectivity index (χ4n) is 1.06. The van der Waals surface area contributed by atoms with E-state index in [-0.39, 0.29) is 5.91 Å². The molecule has 1 aromatic rings. The summed E-state index contributed by atoms with van der Waals surface area (Å²) in [7, 11) is 3.51. The Labute approximate surface area is 84.5 Å². The van der Waals surface area contributed by atoms with Crippen molar-refractivity contribution in [1.82, 2.24) is 14.5 Å². The largest absolute Gasteiger partial charge is 0.347 e. The molecule has 0 aliphatic heterocycles. The maximum absolute atomic E-state index is 11.4. The Hall–Kier alpha value is -1.32. The van der Waals surface area contributed by atoms with Crippen molar-refractivity contribution >= 4 is 5.91 Å². The maximum Gasteiger partial charge on any atom is 0.242 e. The van der Waals surface area contributed by atoms with Crippen LogP contribution in [0.2, 0.25) is 0 Å². The second-order valence-electron chi connectivity index (χ2n) is 3.91. The monoisotopic (exact) mass is 195 g/mol. The predicted molar refractivity (Wildman–Crippen MR) is 55.0 cm³/mol. The molecule has 14 heavy (non-hydrogen) atoms. The maximum atomic E-state index is 11.4. The zero-order valence-corrected chi connectivity index (χ0v) is 9.19. The Bertz CT molecular complexity index is 315. The highest BCUT2D eigenvalue weighted by Gasteiger charge is 2.07. The summed E-state index contributed by atoms with van der Waals surface area (Å²) in [4.78, 5) is 17.2.